The molecule has 8 nitrogen and oxygen atoms in total. The predicted octanol–water partition coefficient (Wildman–Crippen LogP) is 4.80. The quantitative estimate of drug-likeness (QED) is 0.347. The number of aryl methyl sites for hydroxylation is 1. The Morgan fingerprint density at radius 2 is 1.68 bits per heavy atom. The standard InChI is InChI=1S/C28H24F3N3O5S/c1-18-9-10-20(16-25(18)40(37,38)33-11-13-39-14-12-33)32-17-24-22-7-2-3-8-23(22)26(35)34(27(24)36)21-6-4-5-19(15-21)28(29,30)31/h2-10,15-17,36H,11-14H2,1H3. The van der Waals surface area contributed by atoms with Crippen LogP contribution in [-0.2, 0) is 20.9 Å². The Bertz CT molecular complexity index is 1790. The van der Waals surface area contributed by atoms with E-state index < -0.39 is 33.2 Å². The van der Waals surface area contributed by atoms with Crippen LogP contribution in [0.5, 0.6) is 5.88 Å². The zero-order valence-corrected chi connectivity index (χ0v) is 22.0. The van der Waals surface area contributed by atoms with Crippen LogP contribution in [0.15, 0.2) is 81.4 Å². The Morgan fingerprint density at radius 1 is 0.975 bits per heavy atom. The van der Waals surface area contributed by atoms with Crippen molar-refractivity contribution in [2.45, 2.75) is 18.0 Å². The van der Waals surface area contributed by atoms with Crippen LogP contribution in [0.25, 0.3) is 16.5 Å². The summed E-state index contributed by atoms with van der Waals surface area (Å²) < 4.78 is 74.0. The van der Waals surface area contributed by atoms with Gasteiger partial charge in [-0.15, -0.1) is 0 Å². The number of pyridine rings is 1. The van der Waals surface area contributed by atoms with Gasteiger partial charge in [0.2, 0.25) is 15.9 Å². The van der Waals surface area contributed by atoms with Crippen molar-refractivity contribution in [1.29, 1.82) is 0 Å². The molecule has 12 heteroatoms. The average molecular weight is 572 g/mol. The number of fused-ring (bicyclic) bond motifs is 1. The maximum Gasteiger partial charge on any atom is 0.416 e. The molecule has 1 aliphatic heterocycles. The van der Waals surface area contributed by atoms with E-state index in [1.54, 1.807) is 37.3 Å². The fraction of sp³-hybridized carbons (Fsp3) is 0.214. The molecular weight excluding hydrogens is 547 g/mol. The summed E-state index contributed by atoms with van der Waals surface area (Å²) in [6.45, 7) is 2.72. The number of aromatic hydroxyl groups is 1. The second-order valence-corrected chi connectivity index (χ2v) is 11.1. The highest BCUT2D eigenvalue weighted by Gasteiger charge is 2.31. The number of benzene rings is 3. The van der Waals surface area contributed by atoms with E-state index in [1.807, 2.05) is 0 Å². The number of morpholine rings is 1. The molecule has 1 fully saturated rings. The second-order valence-electron chi connectivity index (χ2n) is 9.20. The van der Waals surface area contributed by atoms with Crippen LogP contribution in [0.1, 0.15) is 16.7 Å². The summed E-state index contributed by atoms with van der Waals surface area (Å²) in [5, 5.41) is 11.6. The van der Waals surface area contributed by atoms with Crippen molar-refractivity contribution in [2.24, 2.45) is 4.99 Å². The lowest BCUT2D eigenvalue weighted by molar-refractivity contribution is -0.137. The Labute approximate surface area is 227 Å². The number of hydrogen-bond donors (Lipinski definition) is 1. The van der Waals surface area contributed by atoms with E-state index in [4.69, 9.17) is 4.74 Å². The lowest BCUT2D eigenvalue weighted by Gasteiger charge is -2.26. The van der Waals surface area contributed by atoms with Crippen LogP contribution in [0, 0.1) is 6.92 Å². The van der Waals surface area contributed by atoms with Gasteiger partial charge in [0, 0.05) is 30.1 Å². The molecule has 5 rings (SSSR count). The van der Waals surface area contributed by atoms with Gasteiger partial charge in [-0.05, 0) is 48.9 Å². The summed E-state index contributed by atoms with van der Waals surface area (Å²) in [4.78, 5) is 17.7. The van der Waals surface area contributed by atoms with Gasteiger partial charge in [0.15, 0.2) is 0 Å². The lowest BCUT2D eigenvalue weighted by atomic mass is 10.1. The first-order valence-corrected chi connectivity index (χ1v) is 13.7. The van der Waals surface area contributed by atoms with Crippen LogP contribution >= 0.6 is 0 Å². The van der Waals surface area contributed by atoms with Crippen molar-refractivity contribution in [3.05, 3.63) is 93.8 Å². The molecule has 208 valence electrons. The molecule has 0 radical (unpaired) electrons. The third-order valence-corrected chi connectivity index (χ3v) is 8.68. The number of ether oxygens (including phenoxy) is 1. The number of hydrogen-bond acceptors (Lipinski definition) is 6. The van der Waals surface area contributed by atoms with Gasteiger partial charge in [-0.25, -0.2) is 13.0 Å². The molecule has 4 aromatic rings. The van der Waals surface area contributed by atoms with Crippen molar-refractivity contribution in [2.75, 3.05) is 26.3 Å². The maximum absolute atomic E-state index is 13.4. The van der Waals surface area contributed by atoms with Gasteiger partial charge >= 0.3 is 6.18 Å². The fourth-order valence-corrected chi connectivity index (χ4v) is 6.21. The zero-order valence-electron chi connectivity index (χ0n) is 21.2. The molecule has 1 aliphatic rings. The van der Waals surface area contributed by atoms with E-state index in [9.17, 15) is 31.5 Å². The van der Waals surface area contributed by atoms with Crippen LogP contribution in [0.2, 0.25) is 0 Å². The molecule has 1 aromatic heterocycles. The number of sulfonamides is 1. The van der Waals surface area contributed by atoms with Crippen molar-refractivity contribution in [3.8, 4) is 11.6 Å². The number of rotatable bonds is 5. The van der Waals surface area contributed by atoms with Crippen molar-refractivity contribution >= 4 is 32.7 Å². The van der Waals surface area contributed by atoms with Gasteiger partial charge < -0.3 is 9.84 Å². The van der Waals surface area contributed by atoms with E-state index in [1.165, 1.54) is 28.7 Å². The largest absolute Gasteiger partial charge is 0.494 e. The summed E-state index contributed by atoms with van der Waals surface area (Å²) in [5.74, 6) is -0.611. The van der Waals surface area contributed by atoms with Gasteiger partial charge in [-0.2, -0.15) is 17.5 Å². The van der Waals surface area contributed by atoms with E-state index in [0.29, 0.717) is 24.2 Å². The van der Waals surface area contributed by atoms with Crippen molar-refractivity contribution < 1.29 is 31.4 Å². The average Bonchev–Trinajstić information content (AvgIpc) is 2.94. The molecule has 40 heavy (non-hydrogen) atoms. The number of halogens is 3. The number of alkyl halides is 3. The van der Waals surface area contributed by atoms with Crippen molar-refractivity contribution in [3.63, 3.8) is 0 Å². The van der Waals surface area contributed by atoms with Crippen LogP contribution in [0.4, 0.5) is 18.9 Å². The molecule has 0 bridgehead atoms. The molecule has 0 atom stereocenters. The normalized spacial score (nSPS) is 15.2. The third-order valence-electron chi connectivity index (χ3n) is 6.64. The van der Waals surface area contributed by atoms with Gasteiger partial charge in [-0.1, -0.05) is 30.3 Å². The Kier molecular flexibility index (Phi) is 7.25. The minimum Gasteiger partial charge on any atom is -0.494 e. The summed E-state index contributed by atoms with van der Waals surface area (Å²) in [7, 11) is -3.81. The highest BCUT2D eigenvalue weighted by molar-refractivity contribution is 7.89. The van der Waals surface area contributed by atoms with Gasteiger partial charge in [0.05, 0.1) is 40.6 Å². The predicted molar refractivity (Wildman–Crippen MR) is 144 cm³/mol. The van der Waals surface area contributed by atoms with Gasteiger partial charge in [0.1, 0.15) is 0 Å². The van der Waals surface area contributed by atoms with Crippen LogP contribution < -0.4 is 5.56 Å². The SMILES string of the molecule is Cc1ccc(N=Cc2c(O)n(-c3cccc(C(F)(F)F)c3)c(=O)c3ccccc23)cc1S(=O)(=O)N1CCOCC1. The summed E-state index contributed by atoms with van der Waals surface area (Å²) >= 11 is 0. The van der Waals surface area contributed by atoms with E-state index >= 15 is 0 Å². The van der Waals surface area contributed by atoms with Crippen LogP contribution in [-0.4, -0.2) is 54.9 Å². The Balaban J connectivity index is 1.63. The Morgan fingerprint density at radius 3 is 2.38 bits per heavy atom. The minimum atomic E-state index is -4.65. The van der Waals surface area contributed by atoms with E-state index in [2.05, 4.69) is 4.99 Å². The molecule has 0 aliphatic carbocycles. The van der Waals surface area contributed by atoms with Gasteiger partial charge in [-0.3, -0.25) is 9.79 Å². The second kappa shape index (κ2) is 10.5. The monoisotopic (exact) mass is 571 g/mol. The lowest BCUT2D eigenvalue weighted by Crippen LogP contribution is -2.40. The molecular formula is C28H24F3N3O5S. The summed E-state index contributed by atoms with van der Waals surface area (Å²) in [6, 6.07) is 15.0. The smallest absolute Gasteiger partial charge is 0.416 e. The first kappa shape index (κ1) is 27.6. The summed E-state index contributed by atoms with van der Waals surface area (Å²) in [5.41, 5.74) is -1.00. The number of aromatic nitrogens is 1. The highest BCUT2D eigenvalue weighted by Crippen LogP contribution is 2.33. The molecule has 1 saturated heterocycles. The van der Waals surface area contributed by atoms with Crippen LogP contribution in [0.3, 0.4) is 0 Å². The topological polar surface area (TPSA) is 101 Å². The minimum absolute atomic E-state index is 0.0748. The maximum atomic E-state index is 13.4. The molecule has 2 heterocycles. The number of aliphatic imine (C=N–C) groups is 1. The van der Waals surface area contributed by atoms with E-state index in [-0.39, 0.29) is 40.3 Å². The number of nitrogens with zero attached hydrogens (tertiary/aromatic N) is 3. The fourth-order valence-electron chi connectivity index (χ4n) is 4.56. The molecule has 0 unspecified atom stereocenters. The molecule has 0 spiro atoms. The van der Waals surface area contributed by atoms with Crippen molar-refractivity contribution in [1.82, 2.24) is 8.87 Å². The highest BCUT2D eigenvalue weighted by atomic mass is 32.2. The molecule has 3 aromatic carbocycles. The van der Waals surface area contributed by atoms with Gasteiger partial charge in [0.25, 0.3) is 5.56 Å². The first-order chi connectivity index (χ1) is 19.0. The third kappa shape index (κ3) is 5.12. The first-order valence-electron chi connectivity index (χ1n) is 12.3. The molecule has 0 amide bonds. The summed E-state index contributed by atoms with van der Waals surface area (Å²) in [6.07, 6.45) is -3.39. The Hall–Kier alpha value is -4.00. The van der Waals surface area contributed by atoms with E-state index in [0.717, 1.165) is 22.8 Å². The zero-order chi connectivity index (χ0) is 28.7. The molecule has 0 saturated carbocycles. The molecule has 1 N–H and O–H groups in total.